The van der Waals surface area contributed by atoms with Gasteiger partial charge >= 0.3 is 6.18 Å². The Hall–Kier alpha value is -2.66. The number of fused-ring (bicyclic) bond motifs is 3. The van der Waals surface area contributed by atoms with Gasteiger partial charge in [0.25, 0.3) is 0 Å². The summed E-state index contributed by atoms with van der Waals surface area (Å²) in [6, 6.07) is 1.83. The number of amides is 1. The van der Waals surface area contributed by atoms with Crippen molar-refractivity contribution in [1.82, 2.24) is 29.7 Å². The number of nitrogens with zero attached hydrogens (tertiary/aromatic N) is 4. The van der Waals surface area contributed by atoms with Crippen molar-refractivity contribution in [1.29, 1.82) is 0 Å². The van der Waals surface area contributed by atoms with E-state index >= 15 is 0 Å². The molecule has 156 valence electrons. The summed E-state index contributed by atoms with van der Waals surface area (Å²) in [5.74, 6) is -0.157. The largest absolute Gasteiger partial charge is 0.405 e. The molecule has 3 aromatic heterocycles. The molecular formula is C18H21F3N6O2. The van der Waals surface area contributed by atoms with Crippen molar-refractivity contribution in [2.75, 3.05) is 26.2 Å². The van der Waals surface area contributed by atoms with Crippen LogP contribution >= 0.6 is 0 Å². The smallest absolute Gasteiger partial charge is 0.385 e. The van der Waals surface area contributed by atoms with Crippen molar-refractivity contribution >= 4 is 28.0 Å². The number of aromatic amines is 1. The predicted molar refractivity (Wildman–Crippen MR) is 99.2 cm³/mol. The van der Waals surface area contributed by atoms with Gasteiger partial charge in [-0.3, -0.25) is 9.69 Å². The van der Waals surface area contributed by atoms with E-state index in [0.29, 0.717) is 36.5 Å². The summed E-state index contributed by atoms with van der Waals surface area (Å²) in [5.41, 5.74) is 2.21. The lowest BCUT2D eigenvalue weighted by molar-refractivity contribution is -0.138. The Kier molecular flexibility index (Phi) is 4.95. The Morgan fingerprint density at radius 2 is 2.28 bits per heavy atom. The highest BCUT2D eigenvalue weighted by Crippen LogP contribution is 2.33. The van der Waals surface area contributed by atoms with Crippen molar-refractivity contribution < 1.29 is 23.1 Å². The number of aliphatic hydroxyl groups excluding tert-OH is 1. The summed E-state index contributed by atoms with van der Waals surface area (Å²) < 4.78 is 38.8. The van der Waals surface area contributed by atoms with Crippen LogP contribution < -0.4 is 5.32 Å². The molecule has 1 unspecified atom stereocenters. The average Bonchev–Trinajstić information content (AvgIpc) is 3.35. The summed E-state index contributed by atoms with van der Waals surface area (Å²) in [5, 5.41) is 13.0. The van der Waals surface area contributed by atoms with E-state index in [4.69, 9.17) is 0 Å². The molecule has 4 heterocycles. The number of imidazole rings is 1. The Balaban J connectivity index is 1.58. The van der Waals surface area contributed by atoms with Crippen molar-refractivity contribution in [3.05, 3.63) is 24.3 Å². The van der Waals surface area contributed by atoms with E-state index in [9.17, 15) is 23.1 Å². The number of pyridine rings is 1. The quantitative estimate of drug-likeness (QED) is 0.597. The molecule has 1 amide bonds. The van der Waals surface area contributed by atoms with Crippen molar-refractivity contribution in [2.45, 2.75) is 31.7 Å². The van der Waals surface area contributed by atoms with Crippen LogP contribution in [-0.4, -0.2) is 67.8 Å². The molecule has 2 atom stereocenters. The number of hydrogen-bond acceptors (Lipinski definition) is 5. The van der Waals surface area contributed by atoms with Crippen molar-refractivity contribution in [2.24, 2.45) is 0 Å². The number of H-pyrrole nitrogens is 1. The second-order valence-electron chi connectivity index (χ2n) is 7.32. The molecule has 29 heavy (non-hydrogen) atoms. The van der Waals surface area contributed by atoms with Gasteiger partial charge in [-0.15, -0.1) is 0 Å². The van der Waals surface area contributed by atoms with Gasteiger partial charge in [0.15, 0.2) is 0 Å². The summed E-state index contributed by atoms with van der Waals surface area (Å²) in [6.45, 7) is 1.23. The van der Waals surface area contributed by atoms with E-state index in [2.05, 4.69) is 15.0 Å². The zero-order valence-electron chi connectivity index (χ0n) is 15.7. The highest BCUT2D eigenvalue weighted by atomic mass is 19.4. The van der Waals surface area contributed by atoms with E-state index in [-0.39, 0.29) is 12.6 Å². The topological polar surface area (TPSA) is 99.1 Å². The zero-order valence-corrected chi connectivity index (χ0v) is 15.7. The number of aromatic nitrogens is 4. The second-order valence-corrected chi connectivity index (χ2v) is 7.32. The second kappa shape index (κ2) is 7.30. The molecule has 11 heteroatoms. The van der Waals surface area contributed by atoms with E-state index < -0.39 is 24.7 Å². The summed E-state index contributed by atoms with van der Waals surface area (Å²) in [7, 11) is 0. The van der Waals surface area contributed by atoms with Crippen molar-refractivity contribution in [3.8, 4) is 0 Å². The average molecular weight is 410 g/mol. The number of rotatable bonds is 5. The third kappa shape index (κ3) is 3.92. The SMILES string of the molecule is CC(O)c1nc2cnc3[nH]ccc3c2n1[C@H]1CCN(CC(=O)NCC(F)(F)F)C1. The number of aliphatic hydroxyl groups is 1. The van der Waals surface area contributed by atoms with E-state index in [1.54, 1.807) is 19.3 Å². The number of carbonyl (C=O) groups excluding carboxylic acids is 1. The predicted octanol–water partition coefficient (Wildman–Crippen LogP) is 1.89. The highest BCUT2D eigenvalue weighted by molar-refractivity contribution is 6.01. The molecule has 0 radical (unpaired) electrons. The van der Waals surface area contributed by atoms with Gasteiger partial charge in [0.1, 0.15) is 29.6 Å². The third-order valence-electron chi connectivity index (χ3n) is 5.10. The maximum absolute atomic E-state index is 12.3. The molecule has 8 nitrogen and oxygen atoms in total. The Labute approximate surface area is 163 Å². The fraction of sp³-hybridized carbons (Fsp3) is 0.500. The summed E-state index contributed by atoms with van der Waals surface area (Å²) in [4.78, 5) is 25.6. The van der Waals surface area contributed by atoms with Crippen LogP contribution in [-0.2, 0) is 4.79 Å². The molecule has 1 saturated heterocycles. The number of halogens is 3. The van der Waals surface area contributed by atoms with E-state index in [1.807, 2.05) is 20.9 Å². The highest BCUT2D eigenvalue weighted by Gasteiger charge is 2.32. The van der Waals surface area contributed by atoms with Crippen LogP contribution in [0.4, 0.5) is 13.2 Å². The number of likely N-dealkylation sites (tertiary alicyclic amines) is 1. The fourth-order valence-electron chi connectivity index (χ4n) is 3.90. The minimum Gasteiger partial charge on any atom is -0.385 e. The maximum Gasteiger partial charge on any atom is 0.405 e. The van der Waals surface area contributed by atoms with Gasteiger partial charge in [0, 0.05) is 30.7 Å². The lowest BCUT2D eigenvalue weighted by atomic mass is 10.2. The van der Waals surface area contributed by atoms with Crippen molar-refractivity contribution in [3.63, 3.8) is 0 Å². The molecule has 1 aliphatic rings. The lowest BCUT2D eigenvalue weighted by Gasteiger charge is -2.20. The first kappa shape index (κ1) is 19.6. The van der Waals surface area contributed by atoms with E-state index in [0.717, 1.165) is 10.9 Å². The first-order chi connectivity index (χ1) is 13.7. The molecule has 3 N–H and O–H groups in total. The Morgan fingerprint density at radius 3 is 3.00 bits per heavy atom. The zero-order chi connectivity index (χ0) is 20.8. The Morgan fingerprint density at radius 1 is 1.48 bits per heavy atom. The standard InChI is InChI=1S/C18H21F3N6O2/c1-10(28)17-25-13-6-23-16-12(2-4-22-16)15(13)27(17)11-3-5-26(7-11)8-14(29)24-9-18(19,20)21/h2,4,6,10-11,28H,3,5,7-9H2,1H3,(H,22,23)(H,24,29)/t10?,11-/m0/s1. The van der Waals surface area contributed by atoms with Crippen LogP contribution in [0, 0.1) is 0 Å². The maximum atomic E-state index is 12.3. The van der Waals surface area contributed by atoms with Crippen LogP contribution in [0.5, 0.6) is 0 Å². The Bertz CT molecular complexity index is 1040. The molecule has 3 aromatic rings. The monoisotopic (exact) mass is 410 g/mol. The molecule has 0 spiro atoms. The molecule has 4 rings (SSSR count). The first-order valence-electron chi connectivity index (χ1n) is 9.30. The molecular weight excluding hydrogens is 389 g/mol. The first-order valence-corrected chi connectivity index (χ1v) is 9.30. The van der Waals surface area contributed by atoms with Crippen LogP contribution in [0.25, 0.3) is 22.1 Å². The fourth-order valence-corrected chi connectivity index (χ4v) is 3.90. The summed E-state index contributed by atoms with van der Waals surface area (Å²) in [6.07, 6.45) is -1.12. The minimum absolute atomic E-state index is 0.0690. The van der Waals surface area contributed by atoms with Gasteiger partial charge in [-0.2, -0.15) is 13.2 Å². The van der Waals surface area contributed by atoms with Gasteiger partial charge in [-0.25, -0.2) is 9.97 Å². The van der Waals surface area contributed by atoms with E-state index in [1.165, 1.54) is 0 Å². The third-order valence-corrected chi connectivity index (χ3v) is 5.10. The van der Waals surface area contributed by atoms with Gasteiger partial charge in [0.2, 0.25) is 5.91 Å². The molecule has 0 aromatic carbocycles. The number of carbonyl (C=O) groups is 1. The normalized spacial score (nSPS) is 19.3. The lowest BCUT2D eigenvalue weighted by Crippen LogP contribution is -2.40. The number of hydrogen-bond donors (Lipinski definition) is 3. The molecule has 1 fully saturated rings. The molecule has 0 bridgehead atoms. The summed E-state index contributed by atoms with van der Waals surface area (Å²) >= 11 is 0. The number of nitrogens with one attached hydrogen (secondary N) is 2. The van der Waals surface area contributed by atoms with Gasteiger partial charge in [-0.1, -0.05) is 0 Å². The minimum atomic E-state index is -4.43. The van der Waals surface area contributed by atoms with Crippen LogP contribution in [0.15, 0.2) is 18.5 Å². The van der Waals surface area contributed by atoms with Gasteiger partial charge in [-0.05, 0) is 19.4 Å². The number of alkyl halides is 3. The van der Waals surface area contributed by atoms with Crippen LogP contribution in [0.1, 0.15) is 31.3 Å². The van der Waals surface area contributed by atoms with Gasteiger partial charge < -0.3 is 20.0 Å². The van der Waals surface area contributed by atoms with Gasteiger partial charge in [0.05, 0.1) is 18.3 Å². The molecule has 1 aliphatic heterocycles. The molecule has 0 saturated carbocycles. The van der Waals surface area contributed by atoms with Crippen LogP contribution in [0.2, 0.25) is 0 Å². The molecule has 0 aliphatic carbocycles. The van der Waals surface area contributed by atoms with Crippen LogP contribution in [0.3, 0.4) is 0 Å².